The summed E-state index contributed by atoms with van der Waals surface area (Å²) in [5.41, 5.74) is -0.0818. The van der Waals surface area contributed by atoms with Gasteiger partial charge in [0, 0.05) is 12.1 Å². The zero-order valence-electron chi connectivity index (χ0n) is 18.8. The Labute approximate surface area is 208 Å². The van der Waals surface area contributed by atoms with Gasteiger partial charge in [-0.05, 0) is 48.0 Å². The van der Waals surface area contributed by atoms with Crippen molar-refractivity contribution >= 4 is 46.9 Å². The molecule has 0 aliphatic carbocycles. The number of anilines is 2. The minimum Gasteiger partial charge on any atom is -0.484 e. The first-order valence-electron chi connectivity index (χ1n) is 10.7. The lowest BCUT2D eigenvalue weighted by Gasteiger charge is -2.26. The number of nitrogens with zero attached hydrogens (tertiary/aromatic N) is 2. The predicted molar refractivity (Wildman–Crippen MR) is 129 cm³/mol. The molecule has 186 valence electrons. The SMILES string of the molecule is O=C(COc1ccc(/C=C2/C(=O)NC(=O)N(c3ccc([N+](=O)[O-])cc3)C2=O)cc1)Nc1ccccc1F. The van der Waals surface area contributed by atoms with Gasteiger partial charge in [0.1, 0.15) is 17.1 Å². The summed E-state index contributed by atoms with van der Waals surface area (Å²) < 4.78 is 19.0. The molecule has 37 heavy (non-hydrogen) atoms. The van der Waals surface area contributed by atoms with Crippen molar-refractivity contribution in [3.63, 3.8) is 0 Å². The van der Waals surface area contributed by atoms with Crippen LogP contribution in [0.4, 0.5) is 26.2 Å². The Balaban J connectivity index is 1.44. The number of imide groups is 2. The van der Waals surface area contributed by atoms with Crippen LogP contribution in [0.2, 0.25) is 0 Å². The molecule has 2 N–H and O–H groups in total. The normalized spacial score (nSPS) is 14.4. The lowest BCUT2D eigenvalue weighted by molar-refractivity contribution is -0.384. The van der Waals surface area contributed by atoms with E-state index < -0.39 is 34.5 Å². The second kappa shape index (κ2) is 10.5. The summed E-state index contributed by atoms with van der Waals surface area (Å²) in [4.78, 5) is 60.5. The number of hydrogen-bond acceptors (Lipinski definition) is 7. The second-order valence-corrected chi connectivity index (χ2v) is 7.62. The molecule has 1 heterocycles. The molecule has 0 aromatic heterocycles. The zero-order valence-corrected chi connectivity index (χ0v) is 18.8. The van der Waals surface area contributed by atoms with Gasteiger partial charge in [-0.3, -0.25) is 29.8 Å². The molecular weight excluding hydrogens is 487 g/mol. The molecule has 3 aromatic carbocycles. The molecule has 4 rings (SSSR count). The molecule has 0 radical (unpaired) electrons. The highest BCUT2D eigenvalue weighted by atomic mass is 19.1. The molecular formula is C25H17FN4O7. The van der Waals surface area contributed by atoms with Gasteiger partial charge in [0.05, 0.1) is 16.3 Å². The Kier molecular flexibility index (Phi) is 7.00. The highest BCUT2D eigenvalue weighted by Crippen LogP contribution is 2.25. The Morgan fingerprint density at radius 2 is 1.70 bits per heavy atom. The van der Waals surface area contributed by atoms with Crippen LogP contribution in [0.25, 0.3) is 6.08 Å². The molecule has 11 nitrogen and oxygen atoms in total. The van der Waals surface area contributed by atoms with Crippen LogP contribution in [0.5, 0.6) is 5.75 Å². The molecule has 0 spiro atoms. The summed E-state index contributed by atoms with van der Waals surface area (Å²) in [6, 6.07) is 15.4. The molecule has 12 heteroatoms. The number of ether oxygens (including phenoxy) is 1. The van der Waals surface area contributed by atoms with Gasteiger partial charge in [-0.2, -0.15) is 0 Å². The van der Waals surface area contributed by atoms with Gasteiger partial charge >= 0.3 is 6.03 Å². The van der Waals surface area contributed by atoms with Crippen LogP contribution in [-0.4, -0.2) is 35.3 Å². The molecule has 0 unspecified atom stereocenters. The van der Waals surface area contributed by atoms with Crippen molar-refractivity contribution in [2.75, 3.05) is 16.8 Å². The smallest absolute Gasteiger partial charge is 0.335 e. The summed E-state index contributed by atoms with van der Waals surface area (Å²) in [7, 11) is 0. The lowest BCUT2D eigenvalue weighted by Crippen LogP contribution is -2.54. The van der Waals surface area contributed by atoms with Gasteiger partial charge in [0.25, 0.3) is 23.4 Å². The van der Waals surface area contributed by atoms with Gasteiger partial charge in [-0.1, -0.05) is 24.3 Å². The van der Waals surface area contributed by atoms with Gasteiger partial charge in [0.15, 0.2) is 6.61 Å². The average Bonchev–Trinajstić information content (AvgIpc) is 2.87. The molecule has 0 saturated carbocycles. The third-order valence-corrected chi connectivity index (χ3v) is 5.13. The van der Waals surface area contributed by atoms with E-state index in [1.54, 1.807) is 6.07 Å². The van der Waals surface area contributed by atoms with Crippen molar-refractivity contribution < 1.29 is 33.2 Å². The molecule has 5 amide bonds. The van der Waals surface area contributed by atoms with Crippen LogP contribution >= 0.6 is 0 Å². The highest BCUT2D eigenvalue weighted by Gasteiger charge is 2.36. The minimum absolute atomic E-state index is 0.0229. The second-order valence-electron chi connectivity index (χ2n) is 7.62. The number of nitro groups is 1. The maximum atomic E-state index is 13.6. The number of halogens is 1. The van der Waals surface area contributed by atoms with Gasteiger partial charge in [-0.25, -0.2) is 14.1 Å². The van der Waals surface area contributed by atoms with E-state index in [1.165, 1.54) is 60.7 Å². The maximum absolute atomic E-state index is 13.6. The Hall–Kier alpha value is -5.39. The summed E-state index contributed by atoms with van der Waals surface area (Å²) in [5.74, 6) is -2.67. The van der Waals surface area contributed by atoms with E-state index in [-0.39, 0.29) is 29.2 Å². The number of nitro benzene ring substituents is 1. The van der Waals surface area contributed by atoms with Crippen molar-refractivity contribution in [1.82, 2.24) is 5.32 Å². The monoisotopic (exact) mass is 504 g/mol. The fourth-order valence-electron chi connectivity index (χ4n) is 3.34. The number of nitrogens with one attached hydrogen (secondary N) is 2. The van der Waals surface area contributed by atoms with E-state index in [9.17, 15) is 33.7 Å². The molecule has 1 saturated heterocycles. The van der Waals surface area contributed by atoms with Crippen LogP contribution in [0.15, 0.2) is 78.4 Å². The van der Waals surface area contributed by atoms with Crippen molar-refractivity contribution in [3.05, 3.63) is 99.9 Å². The van der Waals surface area contributed by atoms with E-state index in [2.05, 4.69) is 10.6 Å². The predicted octanol–water partition coefficient (Wildman–Crippen LogP) is 3.42. The topological polar surface area (TPSA) is 148 Å². The van der Waals surface area contributed by atoms with Crippen LogP contribution in [-0.2, 0) is 14.4 Å². The molecule has 1 aliphatic rings. The Bertz CT molecular complexity index is 1440. The van der Waals surface area contributed by atoms with E-state index >= 15 is 0 Å². The Morgan fingerprint density at radius 1 is 1.03 bits per heavy atom. The fraction of sp³-hybridized carbons (Fsp3) is 0.0400. The number of carbonyl (C=O) groups is 4. The highest BCUT2D eigenvalue weighted by molar-refractivity contribution is 6.39. The zero-order chi connectivity index (χ0) is 26.5. The molecule has 1 fully saturated rings. The third-order valence-electron chi connectivity index (χ3n) is 5.13. The number of barbiturate groups is 1. The van der Waals surface area contributed by atoms with Crippen LogP contribution < -0.4 is 20.3 Å². The van der Waals surface area contributed by atoms with Crippen molar-refractivity contribution in [2.45, 2.75) is 0 Å². The molecule has 0 atom stereocenters. The standard InChI is InChI=1S/C25H17FN4O7/c26-20-3-1-2-4-21(20)27-22(31)14-37-18-11-5-15(6-12-18)13-19-23(32)28-25(34)29(24(19)33)16-7-9-17(10-8-16)30(35)36/h1-13H,14H2,(H,27,31)(H,28,32,34)/b19-13-. The van der Waals surface area contributed by atoms with Crippen molar-refractivity contribution in [1.29, 1.82) is 0 Å². The largest absolute Gasteiger partial charge is 0.484 e. The third kappa shape index (κ3) is 5.65. The number of non-ortho nitro benzene ring substituents is 1. The van der Waals surface area contributed by atoms with Crippen LogP contribution in [0.1, 0.15) is 5.56 Å². The summed E-state index contributed by atoms with van der Waals surface area (Å²) >= 11 is 0. The molecule has 3 aromatic rings. The van der Waals surface area contributed by atoms with E-state index in [0.717, 1.165) is 12.1 Å². The first kappa shape index (κ1) is 24.7. The van der Waals surface area contributed by atoms with E-state index in [0.29, 0.717) is 16.2 Å². The molecule has 0 bridgehead atoms. The van der Waals surface area contributed by atoms with E-state index in [4.69, 9.17) is 4.74 Å². The summed E-state index contributed by atoms with van der Waals surface area (Å²) in [5, 5.41) is 15.3. The first-order chi connectivity index (χ1) is 17.7. The summed E-state index contributed by atoms with van der Waals surface area (Å²) in [6.07, 6.45) is 1.26. The number of urea groups is 1. The number of hydrogen-bond donors (Lipinski definition) is 2. The van der Waals surface area contributed by atoms with Crippen molar-refractivity contribution in [3.8, 4) is 5.75 Å². The molecule has 1 aliphatic heterocycles. The summed E-state index contributed by atoms with van der Waals surface area (Å²) in [6.45, 7) is -0.387. The van der Waals surface area contributed by atoms with Gasteiger partial charge in [0.2, 0.25) is 0 Å². The van der Waals surface area contributed by atoms with Gasteiger partial charge in [-0.15, -0.1) is 0 Å². The van der Waals surface area contributed by atoms with Gasteiger partial charge < -0.3 is 10.1 Å². The lowest BCUT2D eigenvalue weighted by atomic mass is 10.1. The first-order valence-corrected chi connectivity index (χ1v) is 10.7. The number of benzene rings is 3. The maximum Gasteiger partial charge on any atom is 0.335 e. The van der Waals surface area contributed by atoms with E-state index in [1.807, 2.05) is 0 Å². The quantitative estimate of drug-likeness (QED) is 0.217. The average molecular weight is 504 g/mol. The number of para-hydroxylation sites is 1. The number of carbonyl (C=O) groups excluding carboxylic acids is 4. The van der Waals surface area contributed by atoms with Crippen LogP contribution in [0.3, 0.4) is 0 Å². The number of amides is 5. The minimum atomic E-state index is -0.988. The number of rotatable bonds is 7. The van der Waals surface area contributed by atoms with Crippen LogP contribution in [0, 0.1) is 15.9 Å². The fourth-order valence-corrected chi connectivity index (χ4v) is 3.34. The Morgan fingerprint density at radius 3 is 2.35 bits per heavy atom. The van der Waals surface area contributed by atoms with Crippen molar-refractivity contribution in [2.24, 2.45) is 0 Å².